The van der Waals surface area contributed by atoms with Crippen molar-refractivity contribution in [2.24, 2.45) is 4.99 Å². The molecule has 0 N–H and O–H groups in total. The Bertz CT molecular complexity index is 802. The first-order chi connectivity index (χ1) is 12.3. The smallest absolute Gasteiger partial charge is 0.231 e. The fourth-order valence-electron chi connectivity index (χ4n) is 3.33. The average molecular weight is 336 g/mol. The summed E-state index contributed by atoms with van der Waals surface area (Å²) in [4.78, 5) is 21.5. The van der Waals surface area contributed by atoms with Gasteiger partial charge in [-0.2, -0.15) is 0 Å². The molecular weight excluding hydrogens is 316 g/mol. The highest BCUT2D eigenvalue weighted by Gasteiger charge is 2.20. The maximum Gasteiger partial charge on any atom is 0.231 e. The minimum absolute atomic E-state index is 0.127. The first-order valence-electron chi connectivity index (χ1n) is 8.69. The van der Waals surface area contributed by atoms with Crippen LogP contribution >= 0.6 is 0 Å². The second-order valence-electron chi connectivity index (χ2n) is 6.39. The molecule has 1 unspecified atom stereocenters. The summed E-state index contributed by atoms with van der Waals surface area (Å²) >= 11 is 0. The second kappa shape index (κ2) is 7.05. The Kier molecular flexibility index (Phi) is 4.46. The van der Waals surface area contributed by atoms with E-state index in [1.54, 1.807) is 24.4 Å². The van der Waals surface area contributed by atoms with Crippen LogP contribution in [0.25, 0.3) is 0 Å². The number of nitrogens with zero attached hydrogens (tertiary/aromatic N) is 2. The number of aromatic nitrogens is 1. The van der Waals surface area contributed by atoms with E-state index in [9.17, 15) is 4.79 Å². The van der Waals surface area contributed by atoms with E-state index < -0.39 is 0 Å². The first-order valence-corrected chi connectivity index (χ1v) is 8.69. The van der Waals surface area contributed by atoms with E-state index in [2.05, 4.69) is 4.98 Å². The van der Waals surface area contributed by atoms with Gasteiger partial charge in [0.2, 0.25) is 6.79 Å². The van der Waals surface area contributed by atoms with Gasteiger partial charge in [-0.1, -0.05) is 6.07 Å². The number of aliphatic imine (C=N–C) groups is 1. The molecule has 0 saturated carbocycles. The van der Waals surface area contributed by atoms with Crippen LogP contribution < -0.4 is 9.47 Å². The number of Topliss-reactive ketones (excluding diaryl/α,β-unsaturated/α-hetero) is 1. The maximum atomic E-state index is 12.5. The third-order valence-corrected chi connectivity index (χ3v) is 4.68. The molecule has 0 spiro atoms. The van der Waals surface area contributed by atoms with Crippen molar-refractivity contribution in [3.05, 3.63) is 53.9 Å². The van der Waals surface area contributed by atoms with Gasteiger partial charge in [0.25, 0.3) is 0 Å². The molecule has 0 bridgehead atoms. The summed E-state index contributed by atoms with van der Waals surface area (Å²) in [7, 11) is 0. The second-order valence-corrected chi connectivity index (χ2v) is 6.39. The molecule has 1 aromatic carbocycles. The van der Waals surface area contributed by atoms with Crippen LogP contribution in [0.2, 0.25) is 0 Å². The Morgan fingerprint density at radius 1 is 1.20 bits per heavy atom. The lowest BCUT2D eigenvalue weighted by atomic mass is 9.95. The normalized spacial score (nSPS) is 18.7. The van der Waals surface area contributed by atoms with Crippen molar-refractivity contribution in [2.75, 3.05) is 6.79 Å². The SMILES string of the molecule is O=C(CCC1CCCC(c2cccnc2)=N1)c1ccc2c(c1)OCO2. The molecule has 25 heavy (non-hydrogen) atoms. The molecule has 0 aliphatic carbocycles. The van der Waals surface area contributed by atoms with Crippen LogP contribution in [0, 0.1) is 0 Å². The Balaban J connectivity index is 1.40. The molecule has 2 aromatic rings. The third kappa shape index (κ3) is 3.55. The molecule has 0 amide bonds. The van der Waals surface area contributed by atoms with Gasteiger partial charge in [0.05, 0.1) is 6.04 Å². The van der Waals surface area contributed by atoms with Gasteiger partial charge in [-0.25, -0.2) is 0 Å². The van der Waals surface area contributed by atoms with Crippen LogP contribution in [0.4, 0.5) is 0 Å². The zero-order valence-electron chi connectivity index (χ0n) is 14.0. The number of hydrogen-bond acceptors (Lipinski definition) is 5. The summed E-state index contributed by atoms with van der Waals surface area (Å²) in [5.41, 5.74) is 2.88. The molecule has 3 heterocycles. The first kappa shape index (κ1) is 15.8. The molecule has 5 heteroatoms. The Labute approximate surface area is 146 Å². The average Bonchev–Trinajstić information content (AvgIpc) is 3.15. The van der Waals surface area contributed by atoms with E-state index in [1.807, 2.05) is 18.3 Å². The van der Waals surface area contributed by atoms with Gasteiger partial charge in [-0.05, 0) is 49.9 Å². The predicted octanol–water partition coefficient (Wildman–Crippen LogP) is 3.82. The molecule has 5 nitrogen and oxygen atoms in total. The maximum absolute atomic E-state index is 12.5. The van der Waals surface area contributed by atoms with Gasteiger partial charge in [-0.15, -0.1) is 0 Å². The molecule has 1 atom stereocenters. The molecule has 4 rings (SSSR count). The number of ether oxygens (including phenoxy) is 2. The van der Waals surface area contributed by atoms with Crippen molar-refractivity contribution < 1.29 is 14.3 Å². The summed E-state index contributed by atoms with van der Waals surface area (Å²) < 4.78 is 10.6. The van der Waals surface area contributed by atoms with Crippen LogP contribution in [-0.4, -0.2) is 29.3 Å². The van der Waals surface area contributed by atoms with Crippen molar-refractivity contribution in [2.45, 2.75) is 38.1 Å². The van der Waals surface area contributed by atoms with Crippen LogP contribution in [0.5, 0.6) is 11.5 Å². The Morgan fingerprint density at radius 2 is 2.12 bits per heavy atom. The zero-order chi connectivity index (χ0) is 17.1. The van der Waals surface area contributed by atoms with E-state index >= 15 is 0 Å². The van der Waals surface area contributed by atoms with Crippen LogP contribution in [0.1, 0.15) is 48.0 Å². The van der Waals surface area contributed by atoms with E-state index in [0.29, 0.717) is 23.5 Å². The molecule has 0 fully saturated rings. The number of hydrogen-bond donors (Lipinski definition) is 0. The van der Waals surface area contributed by atoms with E-state index in [1.165, 1.54) is 0 Å². The molecule has 128 valence electrons. The third-order valence-electron chi connectivity index (χ3n) is 4.68. The molecule has 2 aliphatic rings. The topological polar surface area (TPSA) is 60.8 Å². The van der Waals surface area contributed by atoms with Gasteiger partial charge in [0, 0.05) is 35.7 Å². The van der Waals surface area contributed by atoms with Crippen LogP contribution in [0.3, 0.4) is 0 Å². The summed E-state index contributed by atoms with van der Waals surface area (Å²) in [6, 6.07) is 9.57. The minimum Gasteiger partial charge on any atom is -0.454 e. The fourth-order valence-corrected chi connectivity index (χ4v) is 3.33. The van der Waals surface area contributed by atoms with Gasteiger partial charge in [0.15, 0.2) is 17.3 Å². The monoisotopic (exact) mass is 336 g/mol. The summed E-state index contributed by atoms with van der Waals surface area (Å²) in [6.07, 6.45) is 8.03. The largest absolute Gasteiger partial charge is 0.454 e. The minimum atomic E-state index is 0.127. The number of fused-ring (bicyclic) bond motifs is 1. The molecule has 1 aromatic heterocycles. The molecule has 0 saturated heterocycles. The van der Waals surface area contributed by atoms with Gasteiger partial charge in [0.1, 0.15) is 0 Å². The molecular formula is C20H20N2O3. The Morgan fingerprint density at radius 3 is 3.00 bits per heavy atom. The lowest BCUT2D eigenvalue weighted by Gasteiger charge is -2.20. The molecule has 0 radical (unpaired) electrons. The van der Waals surface area contributed by atoms with Crippen molar-refractivity contribution in [3.63, 3.8) is 0 Å². The van der Waals surface area contributed by atoms with E-state index in [4.69, 9.17) is 14.5 Å². The van der Waals surface area contributed by atoms with E-state index in [-0.39, 0.29) is 18.6 Å². The lowest BCUT2D eigenvalue weighted by Crippen LogP contribution is -2.17. The summed E-state index contributed by atoms with van der Waals surface area (Å²) in [5.74, 6) is 1.48. The standard InChI is InChI=1S/C20H20N2O3/c23-18(14-6-9-19-20(11-14)25-13-24-19)8-7-16-4-1-5-17(22-16)15-3-2-10-21-12-15/h2-3,6,9-12,16H,1,4-5,7-8,13H2. The van der Waals surface area contributed by atoms with Gasteiger partial charge in [-0.3, -0.25) is 14.8 Å². The number of rotatable bonds is 5. The van der Waals surface area contributed by atoms with Crippen molar-refractivity contribution in [1.29, 1.82) is 0 Å². The van der Waals surface area contributed by atoms with Crippen LogP contribution in [-0.2, 0) is 0 Å². The van der Waals surface area contributed by atoms with E-state index in [0.717, 1.165) is 37.0 Å². The Hall–Kier alpha value is -2.69. The van der Waals surface area contributed by atoms with Crippen molar-refractivity contribution in [1.82, 2.24) is 4.98 Å². The number of ketones is 1. The van der Waals surface area contributed by atoms with Gasteiger partial charge < -0.3 is 9.47 Å². The molecule has 2 aliphatic heterocycles. The number of pyridine rings is 1. The number of carbonyl (C=O) groups is 1. The summed E-state index contributed by atoms with van der Waals surface area (Å²) in [6.45, 7) is 0.223. The lowest BCUT2D eigenvalue weighted by molar-refractivity contribution is 0.0976. The fraction of sp³-hybridized carbons (Fsp3) is 0.350. The van der Waals surface area contributed by atoms with Crippen molar-refractivity contribution >= 4 is 11.5 Å². The highest BCUT2D eigenvalue weighted by molar-refractivity contribution is 6.01. The van der Waals surface area contributed by atoms with Crippen molar-refractivity contribution in [3.8, 4) is 11.5 Å². The van der Waals surface area contributed by atoms with Gasteiger partial charge >= 0.3 is 0 Å². The number of benzene rings is 1. The number of carbonyl (C=O) groups excluding carboxylic acids is 1. The quantitative estimate of drug-likeness (QED) is 0.779. The highest BCUT2D eigenvalue weighted by Crippen LogP contribution is 2.33. The zero-order valence-corrected chi connectivity index (χ0v) is 14.0. The van der Waals surface area contributed by atoms with Crippen LogP contribution in [0.15, 0.2) is 47.7 Å². The predicted molar refractivity (Wildman–Crippen MR) is 94.5 cm³/mol. The highest BCUT2D eigenvalue weighted by atomic mass is 16.7. The summed E-state index contributed by atoms with van der Waals surface area (Å²) in [5, 5.41) is 0.